The molecular weight excluding hydrogens is 243 g/mol. The predicted octanol–water partition coefficient (Wildman–Crippen LogP) is 3.01. The highest BCUT2D eigenvalue weighted by Gasteiger charge is 2.35. The fourth-order valence-corrected chi connectivity index (χ4v) is 2.41. The van der Waals surface area contributed by atoms with E-state index in [1.165, 1.54) is 13.2 Å². The van der Waals surface area contributed by atoms with Gasteiger partial charge in [-0.15, -0.1) is 0 Å². The molecule has 1 aliphatic heterocycles. The van der Waals surface area contributed by atoms with Gasteiger partial charge in [-0.3, -0.25) is 0 Å². The quantitative estimate of drug-likeness (QED) is 0.901. The summed E-state index contributed by atoms with van der Waals surface area (Å²) in [5, 5.41) is 3.28. The molecule has 1 aliphatic rings. The van der Waals surface area contributed by atoms with Crippen molar-refractivity contribution < 1.29 is 17.9 Å². The first-order chi connectivity index (χ1) is 8.52. The summed E-state index contributed by atoms with van der Waals surface area (Å²) < 4.78 is 43.5. The number of hydrogen-bond acceptors (Lipinski definition) is 2. The average Bonchev–Trinajstić information content (AvgIpc) is 2.80. The summed E-state index contributed by atoms with van der Waals surface area (Å²) in [6.07, 6.45) is -1.72. The van der Waals surface area contributed by atoms with Crippen molar-refractivity contribution in [2.24, 2.45) is 0 Å². The van der Waals surface area contributed by atoms with Crippen LogP contribution in [-0.4, -0.2) is 19.7 Å². The van der Waals surface area contributed by atoms with Crippen LogP contribution in [-0.2, 0) is 12.6 Å². The number of nitrogens with one attached hydrogen (secondary N) is 1. The van der Waals surface area contributed by atoms with Crippen molar-refractivity contribution >= 4 is 0 Å². The van der Waals surface area contributed by atoms with E-state index in [-0.39, 0.29) is 11.8 Å². The maximum absolute atomic E-state index is 12.8. The van der Waals surface area contributed by atoms with E-state index in [0.29, 0.717) is 12.0 Å². The van der Waals surface area contributed by atoms with Crippen LogP contribution in [0.4, 0.5) is 13.2 Å². The topological polar surface area (TPSA) is 21.3 Å². The number of ether oxygens (including phenoxy) is 1. The third kappa shape index (κ3) is 2.77. The smallest absolute Gasteiger partial charge is 0.419 e. The molecule has 1 heterocycles. The Balaban J connectivity index is 2.29. The number of methoxy groups -OCH3 is 1. The lowest BCUT2D eigenvalue weighted by molar-refractivity contribution is -0.138. The molecule has 0 spiro atoms. The molecular formula is C13H16F3NO. The standard InChI is InChI=1S/C13H16F3NO/c1-18-12-9(8-10-5-3-7-17-10)4-2-6-11(12)13(14,15)16/h2,4,6,10,17H,3,5,7-8H2,1H3. The molecule has 0 saturated carbocycles. The van der Waals surface area contributed by atoms with Crippen molar-refractivity contribution in [1.29, 1.82) is 0 Å². The Morgan fingerprint density at radius 1 is 1.39 bits per heavy atom. The number of benzene rings is 1. The van der Waals surface area contributed by atoms with Gasteiger partial charge in [-0.2, -0.15) is 13.2 Å². The Bertz CT molecular complexity index is 411. The second-order valence-electron chi connectivity index (χ2n) is 4.49. The molecule has 100 valence electrons. The van der Waals surface area contributed by atoms with Gasteiger partial charge in [0.15, 0.2) is 0 Å². The normalized spacial score (nSPS) is 20.1. The van der Waals surface area contributed by atoms with Gasteiger partial charge >= 0.3 is 6.18 Å². The van der Waals surface area contributed by atoms with E-state index in [1.807, 2.05) is 0 Å². The van der Waals surface area contributed by atoms with Gasteiger partial charge in [-0.1, -0.05) is 12.1 Å². The molecule has 1 N–H and O–H groups in total. The van der Waals surface area contributed by atoms with Gasteiger partial charge in [0, 0.05) is 6.04 Å². The van der Waals surface area contributed by atoms with E-state index >= 15 is 0 Å². The largest absolute Gasteiger partial charge is 0.496 e. The molecule has 18 heavy (non-hydrogen) atoms. The van der Waals surface area contributed by atoms with Crippen LogP contribution in [0.3, 0.4) is 0 Å². The Labute approximate surface area is 104 Å². The summed E-state index contributed by atoms with van der Waals surface area (Å²) >= 11 is 0. The van der Waals surface area contributed by atoms with Crippen LogP contribution >= 0.6 is 0 Å². The third-order valence-electron chi connectivity index (χ3n) is 3.23. The second-order valence-corrected chi connectivity index (χ2v) is 4.49. The Kier molecular flexibility index (Phi) is 3.80. The molecule has 0 radical (unpaired) electrons. The zero-order valence-corrected chi connectivity index (χ0v) is 10.2. The summed E-state index contributed by atoms with van der Waals surface area (Å²) in [5.74, 6) is -0.0429. The second kappa shape index (κ2) is 5.18. The highest BCUT2D eigenvalue weighted by atomic mass is 19.4. The fraction of sp³-hybridized carbons (Fsp3) is 0.538. The molecule has 2 nitrogen and oxygen atoms in total. The minimum absolute atomic E-state index is 0.0429. The van der Waals surface area contributed by atoms with Gasteiger partial charge in [0.25, 0.3) is 0 Å². The monoisotopic (exact) mass is 259 g/mol. The summed E-state index contributed by atoms with van der Waals surface area (Å²) in [5.41, 5.74) is -0.0766. The van der Waals surface area contributed by atoms with E-state index in [1.54, 1.807) is 6.07 Å². The minimum Gasteiger partial charge on any atom is -0.496 e. The lowest BCUT2D eigenvalue weighted by atomic mass is 10.0. The highest BCUT2D eigenvalue weighted by Crippen LogP contribution is 2.38. The molecule has 2 rings (SSSR count). The number of alkyl halides is 3. The molecule has 1 unspecified atom stereocenters. The van der Waals surface area contributed by atoms with Crippen molar-refractivity contribution in [3.8, 4) is 5.75 Å². The van der Waals surface area contributed by atoms with Gasteiger partial charge in [-0.05, 0) is 37.4 Å². The van der Waals surface area contributed by atoms with Crippen molar-refractivity contribution in [3.63, 3.8) is 0 Å². The van der Waals surface area contributed by atoms with Crippen LogP contribution in [0.2, 0.25) is 0 Å². The Morgan fingerprint density at radius 2 is 2.17 bits per heavy atom. The fourth-order valence-electron chi connectivity index (χ4n) is 2.41. The predicted molar refractivity (Wildman–Crippen MR) is 62.7 cm³/mol. The molecule has 5 heteroatoms. The number of hydrogen-bond donors (Lipinski definition) is 1. The number of rotatable bonds is 3. The number of para-hydroxylation sites is 1. The molecule has 0 amide bonds. The van der Waals surface area contributed by atoms with Crippen molar-refractivity contribution in [3.05, 3.63) is 29.3 Å². The summed E-state index contributed by atoms with van der Waals surface area (Å²) in [6, 6.07) is 4.45. The molecule has 0 bridgehead atoms. The summed E-state index contributed by atoms with van der Waals surface area (Å²) in [7, 11) is 1.29. The van der Waals surface area contributed by atoms with Crippen LogP contribution in [0.5, 0.6) is 5.75 Å². The van der Waals surface area contributed by atoms with E-state index < -0.39 is 11.7 Å². The molecule has 0 aromatic heterocycles. The van der Waals surface area contributed by atoms with Crippen LogP contribution in [0.15, 0.2) is 18.2 Å². The van der Waals surface area contributed by atoms with Gasteiger partial charge in [0.2, 0.25) is 0 Å². The molecule has 1 aromatic rings. The van der Waals surface area contributed by atoms with Crippen LogP contribution in [0.1, 0.15) is 24.0 Å². The lowest BCUT2D eigenvalue weighted by Gasteiger charge is -2.17. The van der Waals surface area contributed by atoms with E-state index in [4.69, 9.17) is 4.74 Å². The Morgan fingerprint density at radius 3 is 2.72 bits per heavy atom. The maximum atomic E-state index is 12.8. The molecule has 1 aromatic carbocycles. The van der Waals surface area contributed by atoms with Crippen LogP contribution < -0.4 is 10.1 Å². The van der Waals surface area contributed by atoms with Gasteiger partial charge in [0.05, 0.1) is 12.7 Å². The molecule has 1 saturated heterocycles. The SMILES string of the molecule is COc1c(CC2CCCN2)cccc1C(F)(F)F. The zero-order valence-electron chi connectivity index (χ0n) is 10.2. The number of halogens is 3. The van der Waals surface area contributed by atoms with Crippen molar-refractivity contribution in [1.82, 2.24) is 5.32 Å². The van der Waals surface area contributed by atoms with Gasteiger partial charge in [0.1, 0.15) is 5.75 Å². The molecule has 1 atom stereocenters. The first kappa shape index (κ1) is 13.2. The van der Waals surface area contributed by atoms with Crippen LogP contribution in [0, 0.1) is 0 Å². The summed E-state index contributed by atoms with van der Waals surface area (Å²) in [4.78, 5) is 0. The van der Waals surface area contributed by atoms with E-state index in [2.05, 4.69) is 5.32 Å². The molecule has 1 fully saturated rings. The highest BCUT2D eigenvalue weighted by molar-refractivity contribution is 5.43. The Hall–Kier alpha value is -1.23. The van der Waals surface area contributed by atoms with Gasteiger partial charge in [-0.25, -0.2) is 0 Å². The molecule has 0 aliphatic carbocycles. The minimum atomic E-state index is -4.37. The lowest BCUT2D eigenvalue weighted by Crippen LogP contribution is -2.24. The van der Waals surface area contributed by atoms with E-state index in [0.717, 1.165) is 25.5 Å². The summed E-state index contributed by atoms with van der Waals surface area (Å²) in [6.45, 7) is 0.936. The van der Waals surface area contributed by atoms with E-state index in [9.17, 15) is 13.2 Å². The van der Waals surface area contributed by atoms with Gasteiger partial charge < -0.3 is 10.1 Å². The van der Waals surface area contributed by atoms with Crippen molar-refractivity contribution in [2.75, 3.05) is 13.7 Å². The zero-order chi connectivity index (χ0) is 13.2. The maximum Gasteiger partial charge on any atom is 0.419 e. The first-order valence-electron chi connectivity index (χ1n) is 5.99. The van der Waals surface area contributed by atoms with Crippen molar-refractivity contribution in [2.45, 2.75) is 31.5 Å². The first-order valence-corrected chi connectivity index (χ1v) is 5.99. The van der Waals surface area contributed by atoms with Crippen LogP contribution in [0.25, 0.3) is 0 Å². The third-order valence-corrected chi connectivity index (χ3v) is 3.23. The average molecular weight is 259 g/mol.